The van der Waals surface area contributed by atoms with E-state index in [1.165, 1.54) is 70.2 Å². The Morgan fingerprint density at radius 1 is 0.789 bits per heavy atom. The van der Waals surface area contributed by atoms with Gasteiger partial charge in [-0.3, -0.25) is 9.11 Å². The van der Waals surface area contributed by atoms with E-state index < -0.39 is 35.7 Å². The summed E-state index contributed by atoms with van der Waals surface area (Å²) in [5.74, 6) is 0.327. The molecule has 3 N–H and O–H groups in total. The number of phenols is 1. The van der Waals surface area contributed by atoms with Gasteiger partial charge in [-0.1, -0.05) is 78.4 Å². The average Bonchev–Trinajstić information content (AvgIpc) is 3.46. The van der Waals surface area contributed by atoms with Crippen molar-refractivity contribution >= 4 is 52.9 Å². The minimum absolute atomic E-state index is 0.0233. The van der Waals surface area contributed by atoms with Crippen LogP contribution in [0.4, 0.5) is 0 Å². The second-order valence-electron chi connectivity index (χ2n) is 13.8. The normalized spacial score (nSPS) is 12.9. The number of allylic oxidation sites excluding steroid dienone is 1. The number of hydrogen-bond acceptors (Lipinski definition) is 9. The van der Waals surface area contributed by atoms with E-state index in [9.17, 15) is 26.7 Å². The number of para-hydroxylation sites is 1. The van der Waals surface area contributed by atoms with Crippen LogP contribution in [0.3, 0.4) is 0 Å². The Morgan fingerprint density at radius 2 is 1.40 bits per heavy atom. The Labute approximate surface area is 330 Å². The largest absolute Gasteiger partial charge is 0.504 e. The molecule has 0 amide bonds. The molecule has 2 aromatic heterocycles. The summed E-state index contributed by atoms with van der Waals surface area (Å²) < 4.78 is 75.6. The molecular formula is C43H42N2O10S2. The van der Waals surface area contributed by atoms with Gasteiger partial charge in [-0.15, -0.1) is 0 Å². The topological polar surface area (TPSA) is 177 Å². The van der Waals surface area contributed by atoms with Gasteiger partial charge in [0.05, 0.1) is 0 Å². The predicted molar refractivity (Wildman–Crippen MR) is 220 cm³/mol. The molecule has 0 radical (unpaired) electrons. The number of aromatic hydroxyl groups is 1. The van der Waals surface area contributed by atoms with E-state index >= 15 is 0 Å². The molecular weight excluding hydrogens is 769 g/mol. The second kappa shape index (κ2) is 17.2. The Morgan fingerprint density at radius 3 is 2.04 bits per heavy atom. The molecule has 3 heterocycles. The molecule has 0 saturated heterocycles. The van der Waals surface area contributed by atoms with Crippen molar-refractivity contribution in [2.24, 2.45) is 0 Å². The Kier molecular flexibility index (Phi) is 12.3. The molecule has 0 atom stereocenters. The summed E-state index contributed by atoms with van der Waals surface area (Å²) in [5, 5.41) is 11.9. The van der Waals surface area contributed by atoms with Gasteiger partial charge in [-0.2, -0.15) is 16.8 Å². The highest BCUT2D eigenvalue weighted by Gasteiger charge is 2.22. The number of ether oxygens (including phenoxy) is 1. The van der Waals surface area contributed by atoms with E-state index in [1.807, 2.05) is 19.9 Å². The fraction of sp³-hybridized carbons (Fsp3) is 0.186. The predicted octanol–water partition coefficient (Wildman–Crippen LogP) is 7.85. The number of likely N-dealkylation sites (N-methyl/N-ethyl adjacent to an activating group) is 1. The minimum atomic E-state index is -4.47. The Hall–Kier alpha value is -5.77. The second-order valence-corrected chi connectivity index (χ2v) is 16.5. The van der Waals surface area contributed by atoms with Crippen molar-refractivity contribution in [3.63, 3.8) is 0 Å². The summed E-state index contributed by atoms with van der Waals surface area (Å²) >= 11 is 0. The molecule has 14 heteroatoms. The summed E-state index contributed by atoms with van der Waals surface area (Å²) in [6, 6.07) is 33.1. The van der Waals surface area contributed by atoms with Crippen LogP contribution in [0.2, 0.25) is 0 Å². The monoisotopic (exact) mass is 810 g/mol. The van der Waals surface area contributed by atoms with E-state index in [0.717, 1.165) is 43.8 Å². The first-order valence-electron chi connectivity index (χ1n) is 17.9. The van der Waals surface area contributed by atoms with Crippen molar-refractivity contribution in [3.05, 3.63) is 154 Å². The van der Waals surface area contributed by atoms with Crippen LogP contribution in [-0.4, -0.2) is 60.7 Å². The first-order valence-corrected chi connectivity index (χ1v) is 20.8. The van der Waals surface area contributed by atoms with Crippen LogP contribution in [-0.2, 0) is 39.7 Å². The highest BCUT2D eigenvalue weighted by molar-refractivity contribution is 7.86. The molecule has 0 fully saturated rings. The lowest BCUT2D eigenvalue weighted by Crippen LogP contribution is -2.27. The highest BCUT2D eigenvalue weighted by atomic mass is 32.2. The molecule has 5 aromatic carbocycles. The van der Waals surface area contributed by atoms with Gasteiger partial charge in [-0.25, -0.2) is 4.79 Å². The van der Waals surface area contributed by atoms with Crippen molar-refractivity contribution in [1.29, 1.82) is 0 Å². The zero-order chi connectivity index (χ0) is 40.9. The zero-order valence-electron chi connectivity index (χ0n) is 31.5. The van der Waals surface area contributed by atoms with E-state index in [0.29, 0.717) is 23.3 Å². The highest BCUT2D eigenvalue weighted by Crippen LogP contribution is 2.32. The standard InChI is InChI=1S/C19H20N2.C14H14O4.C10H8O6S2/c1-20-12-11-19-17(14-20)16-9-5-6-10-18(16)21(19)13-15-7-3-2-4-8-15;1-9(2)5-6-17-13-8-12-10(7-11(13)15)3-4-14(16)18-12;11-17(12,13)9-5-1-3-7-8(9)4-2-6-10(7)18(14,15)16/h2-10H,11-14H2,1H3;3-5,7-8,15H,6H2,1-2H3;1-6H,(H,11,12,13)(H,14,15,16). The molecule has 0 unspecified atom stereocenters. The summed E-state index contributed by atoms with van der Waals surface area (Å²) in [7, 11) is -6.72. The summed E-state index contributed by atoms with van der Waals surface area (Å²) in [5.41, 5.74) is 6.90. The average molecular weight is 811 g/mol. The third-order valence-electron chi connectivity index (χ3n) is 9.37. The summed E-state index contributed by atoms with van der Waals surface area (Å²) in [4.78, 5) is 12.7. The molecule has 57 heavy (non-hydrogen) atoms. The van der Waals surface area contributed by atoms with E-state index in [-0.39, 0.29) is 16.5 Å². The van der Waals surface area contributed by atoms with Gasteiger partial charge in [-0.05, 0) is 68.4 Å². The molecule has 12 nitrogen and oxygen atoms in total. The van der Waals surface area contributed by atoms with Crippen molar-refractivity contribution in [3.8, 4) is 11.5 Å². The van der Waals surface area contributed by atoms with Gasteiger partial charge < -0.3 is 23.7 Å². The lowest BCUT2D eigenvalue weighted by Gasteiger charge is -2.24. The summed E-state index contributed by atoms with van der Waals surface area (Å²) in [6.45, 7) is 7.47. The van der Waals surface area contributed by atoms with Crippen LogP contribution in [0, 0.1) is 0 Å². The maximum Gasteiger partial charge on any atom is 0.336 e. The molecule has 296 valence electrons. The molecule has 0 bridgehead atoms. The first kappa shape index (κ1) is 40.9. The fourth-order valence-corrected chi connectivity index (χ4v) is 8.10. The van der Waals surface area contributed by atoms with Crippen LogP contribution in [0.15, 0.2) is 146 Å². The van der Waals surface area contributed by atoms with Crippen LogP contribution in [0.1, 0.15) is 30.7 Å². The molecule has 7 aromatic rings. The third-order valence-corrected chi connectivity index (χ3v) is 11.2. The van der Waals surface area contributed by atoms with Gasteiger partial charge in [0.2, 0.25) is 0 Å². The number of benzene rings is 5. The Balaban J connectivity index is 0.000000145. The van der Waals surface area contributed by atoms with Crippen molar-refractivity contribution in [2.45, 2.75) is 43.1 Å². The van der Waals surface area contributed by atoms with Crippen LogP contribution >= 0.6 is 0 Å². The van der Waals surface area contributed by atoms with Gasteiger partial charge >= 0.3 is 5.63 Å². The fourth-order valence-electron chi connectivity index (χ4n) is 6.68. The quantitative estimate of drug-likeness (QED) is 0.0812. The van der Waals surface area contributed by atoms with E-state index in [2.05, 4.69) is 71.1 Å². The SMILES string of the molecule is CC(C)=CCOc1cc2oc(=O)ccc2cc1O.CN1CCc2c(c3ccccc3n2Cc2ccccc2)C1.O=S(=O)(O)c1cccc2c(S(=O)(=O)O)cccc12. The third kappa shape index (κ3) is 9.79. The minimum Gasteiger partial charge on any atom is -0.504 e. The van der Waals surface area contributed by atoms with Crippen molar-refractivity contribution < 1.29 is 40.2 Å². The van der Waals surface area contributed by atoms with Crippen molar-refractivity contribution in [1.82, 2.24) is 9.47 Å². The van der Waals surface area contributed by atoms with Gasteiger partial charge in [0.25, 0.3) is 20.2 Å². The van der Waals surface area contributed by atoms with Crippen LogP contribution in [0.5, 0.6) is 11.5 Å². The lowest BCUT2D eigenvalue weighted by atomic mass is 10.1. The number of hydrogen-bond donors (Lipinski definition) is 3. The maximum absolute atomic E-state index is 11.2. The van der Waals surface area contributed by atoms with E-state index in [4.69, 9.17) is 18.3 Å². The number of rotatable bonds is 7. The molecule has 1 aliphatic heterocycles. The van der Waals surface area contributed by atoms with E-state index in [1.54, 1.807) is 6.07 Å². The van der Waals surface area contributed by atoms with Crippen LogP contribution < -0.4 is 10.4 Å². The molecule has 0 aliphatic carbocycles. The molecule has 1 aliphatic rings. The van der Waals surface area contributed by atoms with Crippen molar-refractivity contribution in [2.75, 3.05) is 20.2 Å². The smallest absolute Gasteiger partial charge is 0.336 e. The van der Waals surface area contributed by atoms with Gasteiger partial charge in [0, 0.05) is 70.9 Å². The first-order chi connectivity index (χ1) is 27.1. The van der Waals surface area contributed by atoms with Crippen LogP contribution in [0.25, 0.3) is 32.6 Å². The lowest BCUT2D eigenvalue weighted by molar-refractivity contribution is 0.310. The molecule has 0 saturated carbocycles. The molecule has 8 rings (SSSR count). The van der Waals surface area contributed by atoms with Gasteiger partial charge in [0.15, 0.2) is 11.5 Å². The summed E-state index contributed by atoms with van der Waals surface area (Å²) in [6.07, 6.45) is 3.04. The van der Waals surface area contributed by atoms with Gasteiger partial charge in [0.1, 0.15) is 22.0 Å². The zero-order valence-corrected chi connectivity index (χ0v) is 33.1. The number of phenolic OH excluding ortho intramolecular Hbond substituents is 1. The molecule has 0 spiro atoms. The number of fused-ring (bicyclic) bond motifs is 5. The Bertz CT molecular complexity index is 2810. The maximum atomic E-state index is 11.2. The number of nitrogens with zero attached hydrogens (tertiary/aromatic N) is 2. The number of aromatic nitrogens is 1.